The summed E-state index contributed by atoms with van der Waals surface area (Å²) in [4.78, 5) is 4.47. The van der Waals surface area contributed by atoms with E-state index in [2.05, 4.69) is 34.8 Å². The number of nitrogens with one attached hydrogen (secondary N) is 1. The summed E-state index contributed by atoms with van der Waals surface area (Å²) in [6, 6.07) is 3.18. The fourth-order valence-corrected chi connectivity index (χ4v) is 3.46. The molecule has 0 aromatic carbocycles. The Morgan fingerprint density at radius 2 is 2.13 bits per heavy atom. The van der Waals surface area contributed by atoms with E-state index in [4.69, 9.17) is 16.3 Å². The third kappa shape index (κ3) is 3.65. The lowest BCUT2D eigenvalue weighted by atomic mass is 10.1. The third-order valence-corrected chi connectivity index (χ3v) is 5.75. The van der Waals surface area contributed by atoms with Gasteiger partial charge in [-0.1, -0.05) is 31.2 Å². The molecular weight excluding hydrogens is 328 g/mol. The molecule has 0 spiro atoms. The van der Waals surface area contributed by atoms with Crippen LogP contribution in [-0.2, 0) is 11.5 Å². The normalized spacial score (nSPS) is 12.2. The summed E-state index contributed by atoms with van der Waals surface area (Å²) in [6.45, 7) is 8.34. The van der Waals surface area contributed by atoms with Crippen LogP contribution >= 0.6 is 11.6 Å². The first kappa shape index (κ1) is 16.2. The van der Waals surface area contributed by atoms with E-state index >= 15 is 0 Å². The molecule has 3 aromatic heterocycles. The van der Waals surface area contributed by atoms with Crippen molar-refractivity contribution in [2.45, 2.75) is 32.4 Å². The zero-order valence-corrected chi connectivity index (χ0v) is 15.4. The molecule has 3 rings (SSSR count). The van der Waals surface area contributed by atoms with Gasteiger partial charge in [-0.2, -0.15) is 5.10 Å². The van der Waals surface area contributed by atoms with Gasteiger partial charge in [0.05, 0.1) is 11.2 Å². The number of aromatic amines is 1. The van der Waals surface area contributed by atoms with Crippen molar-refractivity contribution in [2.24, 2.45) is 0 Å². The molecule has 1 N–H and O–H groups in total. The first-order valence-electron chi connectivity index (χ1n) is 7.66. The van der Waals surface area contributed by atoms with E-state index in [0.29, 0.717) is 11.8 Å². The maximum absolute atomic E-state index is 6.34. The van der Waals surface area contributed by atoms with E-state index in [1.807, 2.05) is 23.0 Å². The number of ether oxygens (including phenoxy) is 1. The second kappa shape index (κ2) is 6.47. The molecule has 0 fully saturated rings. The minimum absolute atomic E-state index is 0.507. The Morgan fingerprint density at radius 1 is 1.30 bits per heavy atom. The highest BCUT2D eigenvalue weighted by atomic mass is 35.5. The number of H-pyrrole nitrogens is 1. The summed E-state index contributed by atoms with van der Waals surface area (Å²) in [5, 5.41) is 8.46. The van der Waals surface area contributed by atoms with Gasteiger partial charge in [-0.25, -0.2) is 4.98 Å². The maximum atomic E-state index is 6.34. The van der Waals surface area contributed by atoms with Crippen molar-refractivity contribution in [1.82, 2.24) is 19.7 Å². The van der Waals surface area contributed by atoms with Gasteiger partial charge in [0.25, 0.3) is 0 Å². The summed E-state index contributed by atoms with van der Waals surface area (Å²) in [7, 11) is -1.06. The molecule has 0 saturated heterocycles. The van der Waals surface area contributed by atoms with Gasteiger partial charge < -0.3 is 9.30 Å². The molecule has 5 nitrogen and oxygen atoms in total. The predicted octanol–water partition coefficient (Wildman–Crippen LogP) is 4.39. The second-order valence-electron chi connectivity index (χ2n) is 6.84. The molecular formula is C16H21ClN4OSi. The van der Waals surface area contributed by atoms with Crippen molar-refractivity contribution in [3.05, 3.63) is 35.9 Å². The van der Waals surface area contributed by atoms with Crippen LogP contribution in [0.1, 0.15) is 0 Å². The fourth-order valence-electron chi connectivity index (χ4n) is 2.44. The van der Waals surface area contributed by atoms with Crippen molar-refractivity contribution in [2.75, 3.05) is 6.61 Å². The van der Waals surface area contributed by atoms with E-state index in [9.17, 15) is 0 Å². The smallest absolute Gasteiger partial charge is 0.142 e. The first-order chi connectivity index (χ1) is 11.0. The summed E-state index contributed by atoms with van der Waals surface area (Å²) >= 11 is 6.34. The Kier molecular flexibility index (Phi) is 4.56. The largest absolute Gasteiger partial charge is 0.361 e. The lowest BCUT2D eigenvalue weighted by Gasteiger charge is -2.15. The number of fused-ring (bicyclic) bond motifs is 1. The molecule has 0 radical (unpaired) electrons. The van der Waals surface area contributed by atoms with Crippen molar-refractivity contribution >= 4 is 30.7 Å². The highest BCUT2D eigenvalue weighted by molar-refractivity contribution is 6.76. The van der Waals surface area contributed by atoms with Crippen LogP contribution in [0.25, 0.3) is 22.2 Å². The van der Waals surface area contributed by atoms with Gasteiger partial charge in [-0.05, 0) is 12.1 Å². The molecule has 0 unspecified atom stereocenters. The molecule has 122 valence electrons. The lowest BCUT2D eigenvalue weighted by Crippen LogP contribution is -2.22. The first-order valence-corrected chi connectivity index (χ1v) is 11.7. The molecule has 0 aliphatic rings. The highest BCUT2D eigenvalue weighted by Gasteiger charge is 2.15. The van der Waals surface area contributed by atoms with Crippen molar-refractivity contribution < 1.29 is 4.74 Å². The molecule has 7 heteroatoms. The van der Waals surface area contributed by atoms with Gasteiger partial charge >= 0.3 is 0 Å². The average Bonchev–Trinajstić information content (AvgIpc) is 3.12. The Hall–Kier alpha value is -1.63. The lowest BCUT2D eigenvalue weighted by molar-refractivity contribution is 0.0899. The van der Waals surface area contributed by atoms with E-state index in [0.717, 1.165) is 34.8 Å². The molecule has 3 heterocycles. The summed E-state index contributed by atoms with van der Waals surface area (Å²) < 4.78 is 7.84. The van der Waals surface area contributed by atoms with Gasteiger partial charge in [0.1, 0.15) is 12.4 Å². The zero-order chi connectivity index (χ0) is 16.4. The van der Waals surface area contributed by atoms with Crippen molar-refractivity contribution in [3.8, 4) is 11.1 Å². The van der Waals surface area contributed by atoms with Crippen LogP contribution in [0.5, 0.6) is 0 Å². The molecule has 0 bridgehead atoms. The Balaban J connectivity index is 1.83. The molecule has 0 amide bonds. The number of nitrogens with zero attached hydrogens (tertiary/aromatic N) is 3. The van der Waals surface area contributed by atoms with E-state index < -0.39 is 8.07 Å². The predicted molar refractivity (Wildman–Crippen MR) is 96.4 cm³/mol. The van der Waals surface area contributed by atoms with Crippen molar-refractivity contribution in [3.63, 3.8) is 0 Å². The quantitative estimate of drug-likeness (QED) is 0.531. The standard InChI is InChI=1S/C16H21ClN4OSi/c1-23(2,3)7-6-22-11-21-5-4-13-15(12-8-19-20-9-12)14(17)10-18-16(13)21/h4-5,8-10H,6-7,11H2,1-3H3,(H,19,20). The Labute approximate surface area is 141 Å². The number of hydrogen-bond acceptors (Lipinski definition) is 3. The van der Waals surface area contributed by atoms with Crippen LogP contribution < -0.4 is 0 Å². The van der Waals surface area contributed by atoms with Crippen LogP contribution in [-0.4, -0.2) is 34.4 Å². The van der Waals surface area contributed by atoms with Crippen LogP contribution in [0.2, 0.25) is 30.7 Å². The number of aromatic nitrogens is 4. The van der Waals surface area contributed by atoms with E-state index in [1.165, 1.54) is 0 Å². The maximum Gasteiger partial charge on any atom is 0.142 e. The van der Waals surface area contributed by atoms with Gasteiger partial charge in [-0.15, -0.1) is 0 Å². The number of rotatable bonds is 6. The summed E-state index contributed by atoms with van der Waals surface area (Å²) in [6.07, 6.45) is 7.28. The molecule has 0 atom stereocenters. The van der Waals surface area contributed by atoms with Gasteiger partial charge in [0, 0.05) is 49.8 Å². The van der Waals surface area contributed by atoms with E-state index in [1.54, 1.807) is 12.4 Å². The summed E-state index contributed by atoms with van der Waals surface area (Å²) in [5.74, 6) is 0. The van der Waals surface area contributed by atoms with Crippen LogP contribution in [0.3, 0.4) is 0 Å². The zero-order valence-electron chi connectivity index (χ0n) is 13.6. The fraction of sp³-hybridized carbons (Fsp3) is 0.375. The van der Waals surface area contributed by atoms with Gasteiger partial charge in [0.2, 0.25) is 0 Å². The highest BCUT2D eigenvalue weighted by Crippen LogP contribution is 2.33. The van der Waals surface area contributed by atoms with Gasteiger partial charge in [0.15, 0.2) is 0 Å². The molecule has 0 aliphatic carbocycles. The molecule has 3 aromatic rings. The third-order valence-electron chi connectivity index (χ3n) is 3.76. The topological polar surface area (TPSA) is 55.7 Å². The molecule has 23 heavy (non-hydrogen) atoms. The van der Waals surface area contributed by atoms with Crippen LogP contribution in [0, 0.1) is 0 Å². The van der Waals surface area contributed by atoms with E-state index in [-0.39, 0.29) is 0 Å². The Bertz CT molecular complexity index is 792. The SMILES string of the molecule is C[Si](C)(C)CCOCn1ccc2c(-c3cn[nH]c3)c(Cl)cnc21. The molecule has 0 saturated carbocycles. The Morgan fingerprint density at radius 3 is 2.83 bits per heavy atom. The number of hydrogen-bond donors (Lipinski definition) is 1. The monoisotopic (exact) mass is 348 g/mol. The minimum Gasteiger partial charge on any atom is -0.361 e. The molecule has 0 aliphatic heterocycles. The average molecular weight is 349 g/mol. The van der Waals surface area contributed by atoms with Crippen molar-refractivity contribution in [1.29, 1.82) is 0 Å². The number of pyridine rings is 1. The summed E-state index contributed by atoms with van der Waals surface area (Å²) in [5.41, 5.74) is 2.78. The second-order valence-corrected chi connectivity index (χ2v) is 12.9. The number of halogens is 1. The van der Waals surface area contributed by atoms with Crippen LogP contribution in [0.15, 0.2) is 30.9 Å². The van der Waals surface area contributed by atoms with Crippen LogP contribution in [0.4, 0.5) is 0 Å². The van der Waals surface area contributed by atoms with Gasteiger partial charge in [-0.3, -0.25) is 5.10 Å². The minimum atomic E-state index is -1.06.